The van der Waals surface area contributed by atoms with E-state index < -0.39 is 47.9 Å². The zero-order valence-corrected chi connectivity index (χ0v) is 17.2. The Balaban J connectivity index is 4.98. The smallest absolute Gasteiger partial charge is 0.325 e. The third-order valence-electron chi connectivity index (χ3n) is 3.32. The van der Waals surface area contributed by atoms with Crippen molar-refractivity contribution in [3.63, 3.8) is 0 Å². The molecule has 12 heteroatoms. The molecule has 26 heavy (non-hydrogen) atoms. The van der Waals surface area contributed by atoms with Crippen LogP contribution in [0.5, 0.6) is 0 Å². The number of carbonyl (C=O) groups is 4. The minimum atomic E-state index is -1.20. The summed E-state index contributed by atoms with van der Waals surface area (Å²) in [6.07, 6.45) is 2.19. The van der Waals surface area contributed by atoms with Gasteiger partial charge in [0.1, 0.15) is 18.1 Å². The lowest BCUT2D eigenvalue weighted by atomic mass is 10.1. The molecule has 0 saturated heterocycles. The van der Waals surface area contributed by atoms with Crippen LogP contribution < -0.4 is 21.7 Å². The van der Waals surface area contributed by atoms with Crippen molar-refractivity contribution in [2.24, 2.45) is 5.73 Å². The topological polar surface area (TPSA) is 151 Å². The van der Waals surface area contributed by atoms with Gasteiger partial charge < -0.3 is 26.8 Å². The third-order valence-corrected chi connectivity index (χ3v) is 4.72. The van der Waals surface area contributed by atoms with Crippen LogP contribution in [-0.4, -0.2) is 76.5 Å². The fourth-order valence-corrected chi connectivity index (χ4v) is 2.60. The number of hydrogen-bond acceptors (Lipinski definition) is 8. The first-order chi connectivity index (χ1) is 12.2. The summed E-state index contributed by atoms with van der Waals surface area (Å²) in [5, 5.41) is 16.1. The van der Waals surface area contributed by atoms with Gasteiger partial charge in [-0.15, -0.1) is 0 Å². The molecule has 0 aliphatic rings. The van der Waals surface area contributed by atoms with Crippen LogP contribution in [0, 0.1) is 0 Å². The monoisotopic (exact) mass is 426 g/mol. The van der Waals surface area contributed by atoms with Crippen molar-refractivity contribution < 1.29 is 24.3 Å². The zero-order chi connectivity index (χ0) is 20.3. The second kappa shape index (κ2) is 13.1. The molecule has 0 radical (unpaired) electrons. The summed E-state index contributed by atoms with van der Waals surface area (Å²) >= 11 is 9.45. The number of rotatable bonds is 12. The van der Waals surface area contributed by atoms with E-state index in [0.717, 1.165) is 0 Å². The summed E-state index contributed by atoms with van der Waals surface area (Å²) in [4.78, 5) is 47.3. The molecular weight excluding hydrogens is 400 g/mol. The highest BCUT2D eigenvalue weighted by molar-refractivity contribution is 7.98. The van der Waals surface area contributed by atoms with Crippen molar-refractivity contribution in [2.45, 2.75) is 37.5 Å². The molecule has 0 spiro atoms. The number of nitrogens with two attached hydrogens (primary N) is 1. The van der Waals surface area contributed by atoms with E-state index in [9.17, 15) is 19.2 Å². The first kappa shape index (κ1) is 24.9. The molecule has 150 valence electrons. The highest BCUT2D eigenvalue weighted by Crippen LogP contribution is 2.03. The van der Waals surface area contributed by atoms with Crippen LogP contribution in [0.4, 0.5) is 0 Å². The minimum absolute atomic E-state index is 0.0384. The second-order valence-corrected chi connectivity index (χ2v) is 7.16. The van der Waals surface area contributed by atoms with Crippen LogP contribution in [-0.2, 0) is 19.2 Å². The predicted octanol–water partition coefficient (Wildman–Crippen LogP) is -1.51. The molecule has 0 aromatic rings. The van der Waals surface area contributed by atoms with Gasteiger partial charge in [0.05, 0.1) is 6.04 Å². The van der Waals surface area contributed by atoms with Gasteiger partial charge in [-0.05, 0) is 25.4 Å². The number of carboxylic acids is 1. The maximum absolute atomic E-state index is 12.5. The van der Waals surface area contributed by atoms with Gasteiger partial charge in [-0.2, -0.15) is 37.0 Å². The zero-order valence-electron chi connectivity index (χ0n) is 14.6. The standard InChI is InChI=1S/C14H26N4O5S3/c1-7(14(22)23)16-13(21)10(6-25)18-12(20)9(3-4-26-2)17-11(19)8(15)5-24/h7-10,24-25H,3-6,15H2,1-2H3,(H,16,21)(H,17,19)(H,18,20)(H,22,23). The van der Waals surface area contributed by atoms with Gasteiger partial charge in [0.25, 0.3) is 0 Å². The number of amides is 3. The molecule has 9 nitrogen and oxygen atoms in total. The number of carbonyl (C=O) groups excluding carboxylic acids is 3. The summed E-state index contributed by atoms with van der Waals surface area (Å²) in [6.45, 7) is 1.30. The summed E-state index contributed by atoms with van der Waals surface area (Å²) in [6, 6.07) is -3.89. The molecule has 0 aromatic heterocycles. The first-order valence-corrected chi connectivity index (χ1v) is 10.4. The lowest BCUT2D eigenvalue weighted by Gasteiger charge is -2.23. The Labute approximate surface area is 167 Å². The van der Waals surface area contributed by atoms with Crippen molar-refractivity contribution in [1.29, 1.82) is 0 Å². The van der Waals surface area contributed by atoms with Gasteiger partial charge in [-0.25, -0.2) is 0 Å². The first-order valence-electron chi connectivity index (χ1n) is 7.78. The van der Waals surface area contributed by atoms with E-state index in [1.54, 1.807) is 0 Å². The number of carboxylic acid groups (broad SMARTS) is 1. The van der Waals surface area contributed by atoms with Crippen LogP contribution in [0.3, 0.4) is 0 Å². The number of hydrogen-bond donors (Lipinski definition) is 7. The fourth-order valence-electron chi connectivity index (χ4n) is 1.71. The molecule has 0 aromatic carbocycles. The van der Waals surface area contributed by atoms with Crippen LogP contribution in [0.1, 0.15) is 13.3 Å². The van der Waals surface area contributed by atoms with E-state index in [0.29, 0.717) is 12.2 Å². The minimum Gasteiger partial charge on any atom is -0.480 e. The molecule has 0 saturated carbocycles. The van der Waals surface area contributed by atoms with Gasteiger partial charge in [0.2, 0.25) is 17.7 Å². The number of thioether (sulfide) groups is 1. The number of nitrogens with one attached hydrogen (secondary N) is 3. The van der Waals surface area contributed by atoms with Crippen molar-refractivity contribution in [3.8, 4) is 0 Å². The summed E-state index contributed by atoms with van der Waals surface area (Å²) in [5.74, 6) is -2.29. The predicted molar refractivity (Wildman–Crippen MR) is 108 cm³/mol. The highest BCUT2D eigenvalue weighted by atomic mass is 32.2. The number of aliphatic carboxylic acids is 1. The lowest BCUT2D eigenvalue weighted by molar-refractivity contribution is -0.141. The maximum Gasteiger partial charge on any atom is 0.325 e. The highest BCUT2D eigenvalue weighted by Gasteiger charge is 2.28. The third kappa shape index (κ3) is 9.01. The quantitative estimate of drug-likeness (QED) is 0.187. The molecule has 0 aliphatic heterocycles. The number of thiol groups is 2. The Morgan fingerprint density at radius 1 is 1.00 bits per heavy atom. The SMILES string of the molecule is CSCCC(NC(=O)C(N)CS)C(=O)NC(CS)C(=O)NC(C)C(=O)O. The van der Waals surface area contributed by atoms with Gasteiger partial charge >= 0.3 is 5.97 Å². The second-order valence-electron chi connectivity index (χ2n) is 5.44. The van der Waals surface area contributed by atoms with E-state index in [-0.39, 0.29) is 11.5 Å². The van der Waals surface area contributed by atoms with Crippen molar-refractivity contribution in [3.05, 3.63) is 0 Å². The molecule has 0 aliphatic carbocycles. The maximum atomic E-state index is 12.5. The van der Waals surface area contributed by atoms with Crippen molar-refractivity contribution in [1.82, 2.24) is 16.0 Å². The van der Waals surface area contributed by atoms with E-state index in [2.05, 4.69) is 41.2 Å². The fraction of sp³-hybridized carbons (Fsp3) is 0.714. The Morgan fingerprint density at radius 3 is 2.00 bits per heavy atom. The molecule has 0 fully saturated rings. The lowest BCUT2D eigenvalue weighted by Crippen LogP contribution is -2.57. The molecule has 4 unspecified atom stereocenters. The van der Waals surface area contributed by atoms with Crippen LogP contribution in [0.15, 0.2) is 0 Å². The molecular formula is C14H26N4O5S3. The van der Waals surface area contributed by atoms with E-state index in [1.807, 2.05) is 6.26 Å². The normalized spacial score (nSPS) is 15.3. The van der Waals surface area contributed by atoms with Gasteiger partial charge in [-0.3, -0.25) is 19.2 Å². The van der Waals surface area contributed by atoms with Gasteiger partial charge in [0, 0.05) is 11.5 Å². The summed E-state index contributed by atoms with van der Waals surface area (Å²) in [5.41, 5.74) is 5.60. The average Bonchev–Trinajstić information content (AvgIpc) is 2.61. The Morgan fingerprint density at radius 2 is 1.54 bits per heavy atom. The van der Waals surface area contributed by atoms with Crippen LogP contribution in [0.25, 0.3) is 0 Å². The molecule has 6 N–H and O–H groups in total. The van der Waals surface area contributed by atoms with Gasteiger partial charge in [0.15, 0.2) is 0 Å². The molecule has 0 heterocycles. The van der Waals surface area contributed by atoms with Crippen molar-refractivity contribution >= 4 is 60.7 Å². The van der Waals surface area contributed by atoms with Crippen LogP contribution >= 0.6 is 37.0 Å². The van der Waals surface area contributed by atoms with Gasteiger partial charge in [-0.1, -0.05) is 0 Å². The Kier molecular flexibility index (Phi) is 12.6. The summed E-state index contributed by atoms with van der Waals surface area (Å²) in [7, 11) is 0. The average molecular weight is 427 g/mol. The molecule has 3 amide bonds. The molecule has 0 rings (SSSR count). The molecule has 0 bridgehead atoms. The largest absolute Gasteiger partial charge is 0.480 e. The Hall–Kier alpha value is -1.11. The van der Waals surface area contributed by atoms with E-state index in [4.69, 9.17) is 10.8 Å². The molecule has 4 atom stereocenters. The van der Waals surface area contributed by atoms with E-state index in [1.165, 1.54) is 18.7 Å². The summed E-state index contributed by atoms with van der Waals surface area (Å²) < 4.78 is 0. The Bertz CT molecular complexity index is 509. The van der Waals surface area contributed by atoms with Crippen LogP contribution in [0.2, 0.25) is 0 Å². The van der Waals surface area contributed by atoms with E-state index >= 15 is 0 Å². The van der Waals surface area contributed by atoms with Crippen molar-refractivity contribution in [2.75, 3.05) is 23.5 Å².